The lowest BCUT2D eigenvalue weighted by molar-refractivity contribution is -0.190. The van der Waals surface area contributed by atoms with Crippen molar-refractivity contribution in [2.45, 2.75) is 71.0 Å². The predicted octanol–water partition coefficient (Wildman–Crippen LogP) is 6.19. The molecule has 1 aliphatic heterocycles. The molecule has 1 atom stereocenters. The van der Waals surface area contributed by atoms with Crippen LogP contribution in [-0.2, 0) is 23.1 Å². The van der Waals surface area contributed by atoms with Gasteiger partial charge in [0.25, 0.3) is 0 Å². The molecule has 1 heterocycles. The standard InChI is InChI=1S/C26H33BrN2O3/c1-4-7-8-19-9-11-21(12-10-19)18-28-25(31)29-23(30)26(5-2,6-3)24(29)32-22-15-13-20(17-27)14-16-22/h9-16,24H,4-8,17-18H2,1-3H3,(H,28,31). The number of β-lactam (4-membered cyclic amide) rings is 1. The average Bonchev–Trinajstić information content (AvgIpc) is 2.83. The predicted molar refractivity (Wildman–Crippen MR) is 131 cm³/mol. The summed E-state index contributed by atoms with van der Waals surface area (Å²) in [5, 5.41) is 3.65. The second-order valence-electron chi connectivity index (χ2n) is 8.36. The van der Waals surface area contributed by atoms with Gasteiger partial charge in [0.15, 0.2) is 6.23 Å². The van der Waals surface area contributed by atoms with Crippen LogP contribution in [0.3, 0.4) is 0 Å². The van der Waals surface area contributed by atoms with E-state index in [9.17, 15) is 9.59 Å². The molecule has 2 aromatic rings. The van der Waals surface area contributed by atoms with Crippen molar-refractivity contribution in [2.24, 2.45) is 5.41 Å². The molecule has 1 fully saturated rings. The van der Waals surface area contributed by atoms with E-state index < -0.39 is 17.7 Å². The molecule has 172 valence electrons. The summed E-state index contributed by atoms with van der Waals surface area (Å²) in [6.45, 7) is 6.50. The van der Waals surface area contributed by atoms with Crippen molar-refractivity contribution in [1.82, 2.24) is 10.2 Å². The van der Waals surface area contributed by atoms with Gasteiger partial charge in [-0.05, 0) is 54.5 Å². The molecule has 6 heteroatoms. The zero-order valence-corrected chi connectivity index (χ0v) is 20.8. The topological polar surface area (TPSA) is 58.6 Å². The largest absolute Gasteiger partial charge is 0.469 e. The Kier molecular flexibility index (Phi) is 8.35. The third-order valence-electron chi connectivity index (χ3n) is 6.44. The number of halogens is 1. The molecule has 0 aromatic heterocycles. The highest BCUT2D eigenvalue weighted by molar-refractivity contribution is 9.08. The van der Waals surface area contributed by atoms with Gasteiger partial charge >= 0.3 is 6.03 Å². The van der Waals surface area contributed by atoms with Gasteiger partial charge in [-0.1, -0.05) is 79.5 Å². The minimum absolute atomic E-state index is 0.169. The van der Waals surface area contributed by atoms with Crippen LogP contribution in [0.5, 0.6) is 5.75 Å². The van der Waals surface area contributed by atoms with Gasteiger partial charge in [-0.3, -0.25) is 4.79 Å². The highest BCUT2D eigenvalue weighted by atomic mass is 79.9. The Morgan fingerprint density at radius 1 is 1.00 bits per heavy atom. The van der Waals surface area contributed by atoms with E-state index in [1.54, 1.807) is 0 Å². The number of nitrogens with zero attached hydrogens (tertiary/aromatic N) is 1. The number of ether oxygens (including phenoxy) is 1. The lowest BCUT2D eigenvalue weighted by Gasteiger charge is -2.53. The van der Waals surface area contributed by atoms with Crippen molar-refractivity contribution in [2.75, 3.05) is 0 Å². The fraction of sp³-hybridized carbons (Fsp3) is 0.462. The molecule has 1 unspecified atom stereocenters. The highest BCUT2D eigenvalue weighted by Crippen LogP contribution is 2.46. The molecular formula is C26H33BrN2O3. The third kappa shape index (κ3) is 5.01. The van der Waals surface area contributed by atoms with Crippen LogP contribution in [0.25, 0.3) is 0 Å². The molecule has 0 spiro atoms. The van der Waals surface area contributed by atoms with Crippen LogP contribution in [0.15, 0.2) is 48.5 Å². The summed E-state index contributed by atoms with van der Waals surface area (Å²) in [4.78, 5) is 27.2. The van der Waals surface area contributed by atoms with E-state index >= 15 is 0 Å². The molecule has 5 nitrogen and oxygen atoms in total. The fourth-order valence-corrected chi connectivity index (χ4v) is 4.53. The molecule has 1 aliphatic rings. The molecule has 32 heavy (non-hydrogen) atoms. The smallest absolute Gasteiger partial charge is 0.327 e. The summed E-state index contributed by atoms with van der Waals surface area (Å²) in [7, 11) is 0. The van der Waals surface area contributed by atoms with Crippen molar-refractivity contribution in [3.8, 4) is 5.75 Å². The Morgan fingerprint density at radius 3 is 2.16 bits per heavy atom. The first-order chi connectivity index (χ1) is 15.5. The zero-order valence-electron chi connectivity index (χ0n) is 19.2. The fourth-order valence-electron chi connectivity index (χ4n) is 4.15. The van der Waals surface area contributed by atoms with E-state index in [0.29, 0.717) is 25.1 Å². The van der Waals surface area contributed by atoms with Crippen LogP contribution >= 0.6 is 15.9 Å². The number of likely N-dealkylation sites (tertiary alicyclic amines) is 1. The van der Waals surface area contributed by atoms with Gasteiger partial charge in [0.05, 0.1) is 0 Å². The van der Waals surface area contributed by atoms with Crippen molar-refractivity contribution in [3.05, 3.63) is 65.2 Å². The summed E-state index contributed by atoms with van der Waals surface area (Å²) >= 11 is 3.44. The molecule has 1 saturated heterocycles. The molecule has 3 rings (SSSR count). The summed E-state index contributed by atoms with van der Waals surface area (Å²) < 4.78 is 6.19. The van der Waals surface area contributed by atoms with Gasteiger partial charge in [0.1, 0.15) is 11.2 Å². The van der Waals surface area contributed by atoms with Crippen molar-refractivity contribution in [1.29, 1.82) is 0 Å². The average molecular weight is 501 g/mol. The van der Waals surface area contributed by atoms with Gasteiger partial charge < -0.3 is 10.1 Å². The number of aryl methyl sites for hydroxylation is 1. The number of rotatable bonds is 10. The van der Waals surface area contributed by atoms with Crippen LogP contribution in [-0.4, -0.2) is 23.1 Å². The first-order valence-electron chi connectivity index (χ1n) is 11.5. The highest BCUT2D eigenvalue weighted by Gasteiger charge is 2.62. The number of nitrogens with one attached hydrogen (secondary N) is 1. The zero-order chi connectivity index (χ0) is 23.1. The number of alkyl halides is 1. The lowest BCUT2D eigenvalue weighted by Crippen LogP contribution is -2.73. The SMILES string of the molecule is CCCCc1ccc(CNC(=O)N2C(=O)C(CC)(CC)C2Oc2ccc(CBr)cc2)cc1. The number of carbonyl (C=O) groups is 2. The lowest BCUT2D eigenvalue weighted by atomic mass is 9.72. The van der Waals surface area contributed by atoms with Crippen molar-refractivity contribution < 1.29 is 14.3 Å². The number of urea groups is 1. The normalized spacial score (nSPS) is 17.1. The molecule has 1 N–H and O–H groups in total. The van der Waals surface area contributed by atoms with E-state index in [1.807, 2.05) is 50.2 Å². The number of unbranched alkanes of at least 4 members (excludes halogenated alkanes) is 1. The van der Waals surface area contributed by atoms with Crippen molar-refractivity contribution in [3.63, 3.8) is 0 Å². The van der Waals surface area contributed by atoms with Crippen LogP contribution < -0.4 is 10.1 Å². The maximum absolute atomic E-state index is 13.0. The molecule has 0 radical (unpaired) electrons. The maximum atomic E-state index is 13.0. The molecule has 3 amide bonds. The van der Waals surface area contributed by atoms with E-state index in [4.69, 9.17) is 4.74 Å². The second kappa shape index (κ2) is 11.0. The Bertz CT molecular complexity index is 908. The van der Waals surface area contributed by atoms with Gasteiger partial charge in [-0.2, -0.15) is 0 Å². The van der Waals surface area contributed by atoms with Gasteiger partial charge in [0.2, 0.25) is 5.91 Å². The molecule has 2 aromatic carbocycles. The van der Waals surface area contributed by atoms with Gasteiger partial charge in [0, 0.05) is 11.9 Å². The number of hydrogen-bond donors (Lipinski definition) is 1. The van der Waals surface area contributed by atoms with Gasteiger partial charge in [-0.25, -0.2) is 9.69 Å². The summed E-state index contributed by atoms with van der Waals surface area (Å²) in [6, 6.07) is 15.6. The summed E-state index contributed by atoms with van der Waals surface area (Å²) in [6.07, 6.45) is 4.03. The molecule has 0 saturated carbocycles. The van der Waals surface area contributed by atoms with Crippen molar-refractivity contribution >= 4 is 27.9 Å². The molecular weight excluding hydrogens is 468 g/mol. The van der Waals surface area contributed by atoms with Crippen LogP contribution in [0, 0.1) is 5.41 Å². The summed E-state index contributed by atoms with van der Waals surface area (Å²) in [5.41, 5.74) is 2.77. The minimum Gasteiger partial charge on any atom is -0.469 e. The number of hydrogen-bond acceptors (Lipinski definition) is 3. The third-order valence-corrected chi connectivity index (χ3v) is 7.09. The number of benzene rings is 2. The van der Waals surface area contributed by atoms with E-state index in [0.717, 1.165) is 22.9 Å². The van der Waals surface area contributed by atoms with Crippen LogP contribution in [0.4, 0.5) is 4.79 Å². The second-order valence-corrected chi connectivity index (χ2v) is 8.93. The number of carbonyl (C=O) groups excluding carboxylic acids is 2. The van der Waals surface area contributed by atoms with E-state index in [-0.39, 0.29) is 5.91 Å². The first-order valence-corrected chi connectivity index (χ1v) is 12.6. The Hall–Kier alpha value is -2.34. The van der Waals surface area contributed by atoms with E-state index in [1.165, 1.54) is 23.3 Å². The quantitative estimate of drug-likeness (QED) is 0.312. The Labute approximate surface area is 199 Å². The Balaban J connectivity index is 1.68. The van der Waals surface area contributed by atoms with E-state index in [2.05, 4.69) is 40.3 Å². The van der Waals surface area contributed by atoms with Crippen LogP contribution in [0.1, 0.15) is 63.1 Å². The minimum atomic E-state index is -0.674. The maximum Gasteiger partial charge on any atom is 0.327 e. The Morgan fingerprint density at radius 2 is 1.59 bits per heavy atom. The number of amides is 3. The molecule has 0 bridgehead atoms. The first kappa shape index (κ1) is 24.3. The molecule has 0 aliphatic carbocycles. The van der Waals surface area contributed by atoms with Gasteiger partial charge in [-0.15, -0.1) is 0 Å². The summed E-state index contributed by atoms with van der Waals surface area (Å²) in [5.74, 6) is 0.482. The number of imide groups is 1. The van der Waals surface area contributed by atoms with Crippen LogP contribution in [0.2, 0.25) is 0 Å². The monoisotopic (exact) mass is 500 g/mol.